The van der Waals surface area contributed by atoms with Gasteiger partial charge in [0.15, 0.2) is 4.80 Å². The van der Waals surface area contributed by atoms with Crippen molar-refractivity contribution in [3.63, 3.8) is 0 Å². The van der Waals surface area contributed by atoms with E-state index in [1.165, 1.54) is 29.5 Å². The number of benzene rings is 3. The summed E-state index contributed by atoms with van der Waals surface area (Å²) in [4.78, 5) is 28.1. The number of amides is 1. The second-order valence-corrected chi connectivity index (χ2v) is 7.51. The van der Waals surface area contributed by atoms with Crippen molar-refractivity contribution in [1.29, 1.82) is 0 Å². The molecule has 0 fully saturated rings. The summed E-state index contributed by atoms with van der Waals surface area (Å²) in [6.07, 6.45) is 0. The van der Waals surface area contributed by atoms with Crippen LogP contribution in [0.4, 0.5) is 5.69 Å². The smallest absolute Gasteiger partial charge is 0.286 e. The van der Waals surface area contributed by atoms with Crippen LogP contribution in [-0.4, -0.2) is 15.4 Å². The summed E-state index contributed by atoms with van der Waals surface area (Å²) in [5, 5.41) is 13.7. The Morgan fingerprint density at radius 2 is 2.00 bits per heavy atom. The molecule has 0 spiro atoms. The van der Waals surface area contributed by atoms with Crippen LogP contribution in [0.25, 0.3) is 21.0 Å². The van der Waals surface area contributed by atoms with E-state index in [9.17, 15) is 14.9 Å². The zero-order chi connectivity index (χ0) is 19.8. The lowest BCUT2D eigenvalue weighted by molar-refractivity contribution is -0.385. The lowest BCUT2D eigenvalue weighted by Crippen LogP contribution is -2.16. The van der Waals surface area contributed by atoms with Gasteiger partial charge < -0.3 is 4.57 Å². The summed E-state index contributed by atoms with van der Waals surface area (Å²) >= 11 is 7.33. The fourth-order valence-corrected chi connectivity index (χ4v) is 4.57. The summed E-state index contributed by atoms with van der Waals surface area (Å²) in [5.74, 6) is -0.688. The Hall–Kier alpha value is -3.03. The predicted octanol–water partition coefficient (Wildman–Crippen LogP) is 5.18. The number of aromatic nitrogens is 1. The molecule has 0 atom stereocenters. The van der Waals surface area contributed by atoms with E-state index >= 15 is 0 Å². The summed E-state index contributed by atoms with van der Waals surface area (Å²) in [5.41, 5.74) is 0.536. The number of carbonyl (C=O) groups excluding carboxylic acids is 1. The highest BCUT2D eigenvalue weighted by atomic mass is 35.5. The highest BCUT2D eigenvalue weighted by Crippen LogP contribution is 2.28. The monoisotopic (exact) mass is 411 g/mol. The van der Waals surface area contributed by atoms with Crippen molar-refractivity contribution in [2.75, 3.05) is 0 Å². The lowest BCUT2D eigenvalue weighted by Gasteiger charge is -2.02. The molecule has 140 valence electrons. The van der Waals surface area contributed by atoms with Gasteiger partial charge >= 0.3 is 0 Å². The van der Waals surface area contributed by atoms with Crippen LogP contribution >= 0.6 is 22.9 Å². The topological polar surface area (TPSA) is 77.5 Å². The van der Waals surface area contributed by atoms with Gasteiger partial charge in [-0.3, -0.25) is 14.9 Å². The number of nitro benzene ring substituents is 1. The number of aryl methyl sites for hydroxylation is 1. The van der Waals surface area contributed by atoms with Gasteiger partial charge in [0.2, 0.25) is 0 Å². The Bertz CT molecular complexity index is 1320. The second-order valence-electron chi connectivity index (χ2n) is 6.10. The summed E-state index contributed by atoms with van der Waals surface area (Å²) < 4.78 is 2.95. The average molecular weight is 412 g/mol. The molecule has 4 rings (SSSR count). The van der Waals surface area contributed by atoms with Crippen molar-refractivity contribution in [1.82, 2.24) is 4.57 Å². The summed E-state index contributed by atoms with van der Waals surface area (Å²) in [7, 11) is 0. The van der Waals surface area contributed by atoms with E-state index < -0.39 is 10.8 Å². The van der Waals surface area contributed by atoms with Gasteiger partial charge in [-0.05, 0) is 30.5 Å². The number of nitrogens with zero attached hydrogens (tertiary/aromatic N) is 3. The molecule has 0 bridgehead atoms. The van der Waals surface area contributed by atoms with Crippen molar-refractivity contribution < 1.29 is 9.72 Å². The zero-order valence-corrected chi connectivity index (χ0v) is 16.3. The first-order valence-electron chi connectivity index (χ1n) is 8.53. The molecule has 0 saturated carbocycles. The molecule has 8 heteroatoms. The molecule has 0 N–H and O–H groups in total. The Morgan fingerprint density at radius 1 is 1.21 bits per heavy atom. The molecule has 3 aromatic carbocycles. The van der Waals surface area contributed by atoms with Crippen molar-refractivity contribution in [2.45, 2.75) is 13.5 Å². The molecule has 0 radical (unpaired) electrons. The van der Waals surface area contributed by atoms with Crippen LogP contribution < -0.4 is 4.80 Å². The maximum absolute atomic E-state index is 12.8. The molecule has 0 saturated heterocycles. The van der Waals surface area contributed by atoms with Crippen LogP contribution in [0.5, 0.6) is 0 Å². The van der Waals surface area contributed by atoms with Crippen LogP contribution in [0.3, 0.4) is 0 Å². The number of nitro groups is 1. The summed E-state index contributed by atoms with van der Waals surface area (Å²) in [6, 6.07) is 15.9. The van der Waals surface area contributed by atoms with E-state index in [1.807, 2.05) is 47.9 Å². The lowest BCUT2D eigenvalue weighted by atomic mass is 10.1. The Balaban J connectivity index is 1.95. The zero-order valence-electron chi connectivity index (χ0n) is 14.8. The third kappa shape index (κ3) is 3.08. The number of hydrogen-bond acceptors (Lipinski definition) is 4. The van der Waals surface area contributed by atoms with Gasteiger partial charge in [0, 0.05) is 23.0 Å². The van der Waals surface area contributed by atoms with Gasteiger partial charge in [0.05, 0.1) is 15.1 Å². The highest BCUT2D eigenvalue weighted by molar-refractivity contribution is 7.17. The van der Waals surface area contributed by atoms with Gasteiger partial charge in [-0.2, -0.15) is 4.99 Å². The van der Waals surface area contributed by atoms with Crippen molar-refractivity contribution in [3.05, 3.63) is 80.1 Å². The molecule has 0 aliphatic carbocycles. The molecular formula is C20H14ClN3O3S. The van der Waals surface area contributed by atoms with E-state index in [-0.39, 0.29) is 16.3 Å². The van der Waals surface area contributed by atoms with E-state index in [0.717, 1.165) is 21.0 Å². The number of rotatable bonds is 3. The van der Waals surface area contributed by atoms with E-state index in [4.69, 9.17) is 11.6 Å². The second kappa shape index (κ2) is 7.18. The first-order chi connectivity index (χ1) is 13.5. The van der Waals surface area contributed by atoms with Crippen LogP contribution in [-0.2, 0) is 6.54 Å². The number of thiazole rings is 1. The first-order valence-corrected chi connectivity index (χ1v) is 9.73. The molecule has 0 aliphatic rings. The molecule has 4 aromatic rings. The Kier molecular flexibility index (Phi) is 4.70. The van der Waals surface area contributed by atoms with E-state index in [1.54, 1.807) is 0 Å². The standard InChI is InChI=1S/C20H14ClN3O3S/c1-2-23-17-9-7-12-5-3-4-6-14(12)18(17)28-20(23)22-19(25)15-11-13(21)8-10-16(15)24(26)27/h3-11H,2H2,1H3. The molecule has 1 aromatic heterocycles. The highest BCUT2D eigenvalue weighted by Gasteiger charge is 2.20. The molecule has 1 amide bonds. The van der Waals surface area contributed by atoms with Gasteiger partial charge in [0.25, 0.3) is 11.6 Å². The van der Waals surface area contributed by atoms with Crippen LogP contribution in [0.15, 0.2) is 59.6 Å². The normalized spacial score (nSPS) is 12.0. The van der Waals surface area contributed by atoms with Crippen molar-refractivity contribution in [2.24, 2.45) is 4.99 Å². The largest absolute Gasteiger partial charge is 0.317 e. The van der Waals surface area contributed by atoms with Crippen LogP contribution in [0.2, 0.25) is 5.02 Å². The molecule has 1 heterocycles. The quantitative estimate of drug-likeness (QED) is 0.344. The fourth-order valence-electron chi connectivity index (χ4n) is 3.18. The minimum Gasteiger partial charge on any atom is -0.317 e. The first kappa shape index (κ1) is 18.3. The minimum atomic E-state index is -0.688. The number of carbonyl (C=O) groups is 1. The van der Waals surface area contributed by atoms with E-state index in [2.05, 4.69) is 4.99 Å². The fraction of sp³-hybridized carbons (Fsp3) is 0.100. The maximum atomic E-state index is 12.8. The Morgan fingerprint density at radius 3 is 2.75 bits per heavy atom. The third-order valence-corrected chi connectivity index (χ3v) is 5.84. The SMILES string of the molecule is CCn1c(=NC(=O)c2cc(Cl)ccc2[N+](=O)[O-])sc2c3ccccc3ccc21. The molecular weight excluding hydrogens is 398 g/mol. The van der Waals surface area contributed by atoms with Gasteiger partial charge in [-0.15, -0.1) is 0 Å². The molecule has 0 unspecified atom stereocenters. The van der Waals surface area contributed by atoms with Crippen LogP contribution in [0, 0.1) is 10.1 Å². The van der Waals surface area contributed by atoms with E-state index in [0.29, 0.717) is 11.3 Å². The average Bonchev–Trinajstić information content (AvgIpc) is 3.05. The van der Waals surface area contributed by atoms with Gasteiger partial charge in [-0.25, -0.2) is 0 Å². The van der Waals surface area contributed by atoms with Crippen molar-refractivity contribution in [3.8, 4) is 0 Å². The third-order valence-electron chi connectivity index (χ3n) is 4.47. The predicted molar refractivity (Wildman–Crippen MR) is 111 cm³/mol. The number of hydrogen-bond donors (Lipinski definition) is 0. The number of halogens is 1. The van der Waals surface area contributed by atoms with Crippen LogP contribution in [0.1, 0.15) is 17.3 Å². The maximum Gasteiger partial charge on any atom is 0.286 e. The number of fused-ring (bicyclic) bond motifs is 3. The van der Waals surface area contributed by atoms with Gasteiger partial charge in [0.1, 0.15) is 5.56 Å². The van der Waals surface area contributed by atoms with Crippen molar-refractivity contribution >= 4 is 55.5 Å². The minimum absolute atomic E-state index is 0.123. The molecule has 0 aliphatic heterocycles. The molecule has 28 heavy (non-hydrogen) atoms. The summed E-state index contributed by atoms with van der Waals surface area (Å²) in [6.45, 7) is 2.58. The Labute approximate surface area is 168 Å². The molecule has 6 nitrogen and oxygen atoms in total. The van der Waals surface area contributed by atoms with Gasteiger partial charge in [-0.1, -0.05) is 53.3 Å².